The summed E-state index contributed by atoms with van der Waals surface area (Å²) in [6, 6.07) is -0.0223. The number of carbonyl (C=O) groups excluding carboxylic acids is 3. The number of carbonyl (C=O) groups is 3. The Bertz CT molecular complexity index is 396. The normalized spacial score (nSPS) is 13.1. The SMILES string of the molecule is C=C(C)C(=O)SCCC(CC(CC)NC(C)=O)NC(C)=O. The van der Waals surface area contributed by atoms with Crippen LogP contribution in [0.5, 0.6) is 0 Å². The Kier molecular flexibility index (Phi) is 9.78. The van der Waals surface area contributed by atoms with Gasteiger partial charge in [0.25, 0.3) is 0 Å². The van der Waals surface area contributed by atoms with Crippen LogP contribution in [0.1, 0.15) is 47.0 Å². The molecule has 0 aromatic rings. The van der Waals surface area contributed by atoms with E-state index in [4.69, 9.17) is 0 Å². The molecule has 0 fully saturated rings. The summed E-state index contributed by atoms with van der Waals surface area (Å²) in [6.07, 6.45) is 2.14. The molecule has 2 atom stereocenters. The van der Waals surface area contributed by atoms with E-state index in [2.05, 4.69) is 17.2 Å². The molecule has 0 aromatic heterocycles. The largest absolute Gasteiger partial charge is 0.354 e. The lowest BCUT2D eigenvalue weighted by Crippen LogP contribution is -2.42. The van der Waals surface area contributed by atoms with Crippen molar-refractivity contribution in [2.24, 2.45) is 0 Å². The van der Waals surface area contributed by atoms with Crippen LogP contribution in [0.3, 0.4) is 0 Å². The van der Waals surface area contributed by atoms with E-state index in [0.717, 1.165) is 6.42 Å². The van der Waals surface area contributed by atoms with Gasteiger partial charge in [-0.1, -0.05) is 25.3 Å². The lowest BCUT2D eigenvalue weighted by atomic mass is 10.0. The van der Waals surface area contributed by atoms with Crippen molar-refractivity contribution in [1.82, 2.24) is 10.6 Å². The van der Waals surface area contributed by atoms with Crippen LogP contribution in [0, 0.1) is 0 Å². The third-order valence-electron chi connectivity index (χ3n) is 2.92. The quantitative estimate of drug-likeness (QED) is 0.639. The van der Waals surface area contributed by atoms with E-state index < -0.39 is 0 Å². The molecule has 0 aliphatic heterocycles. The van der Waals surface area contributed by atoms with Crippen molar-refractivity contribution in [2.75, 3.05) is 5.75 Å². The fraction of sp³-hybridized carbons (Fsp3) is 0.667. The molecule has 2 unspecified atom stereocenters. The zero-order chi connectivity index (χ0) is 16.4. The van der Waals surface area contributed by atoms with Crippen LogP contribution in [0.2, 0.25) is 0 Å². The first-order valence-corrected chi connectivity index (χ1v) is 8.11. The average Bonchev–Trinajstić information content (AvgIpc) is 2.36. The highest BCUT2D eigenvalue weighted by molar-refractivity contribution is 8.14. The Labute approximate surface area is 131 Å². The number of thioether (sulfide) groups is 1. The first kappa shape index (κ1) is 19.7. The summed E-state index contributed by atoms with van der Waals surface area (Å²) in [5.74, 6) is 0.442. The molecule has 5 nitrogen and oxygen atoms in total. The molecule has 0 rings (SSSR count). The first-order valence-electron chi connectivity index (χ1n) is 7.13. The van der Waals surface area contributed by atoms with Crippen molar-refractivity contribution in [1.29, 1.82) is 0 Å². The number of hydrogen-bond donors (Lipinski definition) is 2. The summed E-state index contributed by atoms with van der Waals surface area (Å²) in [4.78, 5) is 33.9. The van der Waals surface area contributed by atoms with E-state index in [-0.39, 0.29) is 29.0 Å². The Morgan fingerprint density at radius 2 is 1.57 bits per heavy atom. The van der Waals surface area contributed by atoms with E-state index in [1.54, 1.807) is 6.92 Å². The van der Waals surface area contributed by atoms with E-state index in [9.17, 15) is 14.4 Å². The average molecular weight is 314 g/mol. The summed E-state index contributed by atoms with van der Waals surface area (Å²) in [7, 11) is 0. The molecule has 0 bridgehead atoms. The third-order valence-corrected chi connectivity index (χ3v) is 3.98. The molecule has 120 valence electrons. The van der Waals surface area contributed by atoms with Gasteiger partial charge in [0.1, 0.15) is 0 Å². The molecule has 6 heteroatoms. The summed E-state index contributed by atoms with van der Waals surface area (Å²) in [6.45, 7) is 10.2. The summed E-state index contributed by atoms with van der Waals surface area (Å²) < 4.78 is 0. The highest BCUT2D eigenvalue weighted by Crippen LogP contribution is 2.14. The van der Waals surface area contributed by atoms with Crippen molar-refractivity contribution >= 4 is 28.7 Å². The van der Waals surface area contributed by atoms with E-state index in [1.807, 2.05) is 6.92 Å². The minimum Gasteiger partial charge on any atom is -0.354 e. The molecule has 0 aromatic carbocycles. The molecule has 0 aliphatic carbocycles. The second kappa shape index (κ2) is 10.4. The van der Waals surface area contributed by atoms with Crippen LogP contribution in [0.15, 0.2) is 12.2 Å². The van der Waals surface area contributed by atoms with E-state index in [0.29, 0.717) is 24.2 Å². The zero-order valence-corrected chi connectivity index (χ0v) is 14.1. The lowest BCUT2D eigenvalue weighted by Gasteiger charge is -2.23. The van der Waals surface area contributed by atoms with Crippen molar-refractivity contribution in [3.8, 4) is 0 Å². The van der Waals surface area contributed by atoms with Crippen LogP contribution >= 0.6 is 11.8 Å². The van der Waals surface area contributed by atoms with Crippen LogP contribution in [0.25, 0.3) is 0 Å². The fourth-order valence-corrected chi connectivity index (χ4v) is 2.75. The van der Waals surface area contributed by atoms with Crippen LogP contribution in [0.4, 0.5) is 0 Å². The summed E-state index contributed by atoms with van der Waals surface area (Å²) in [5, 5.41) is 5.73. The van der Waals surface area contributed by atoms with Gasteiger partial charge in [0.15, 0.2) is 0 Å². The van der Waals surface area contributed by atoms with Crippen molar-refractivity contribution < 1.29 is 14.4 Å². The highest BCUT2D eigenvalue weighted by Gasteiger charge is 2.17. The number of rotatable bonds is 9. The summed E-state index contributed by atoms with van der Waals surface area (Å²) >= 11 is 1.21. The first-order chi connectivity index (χ1) is 9.76. The molecule has 0 heterocycles. The minimum atomic E-state index is -0.103. The molecule has 0 aliphatic rings. The van der Waals surface area contributed by atoms with Gasteiger partial charge in [0.2, 0.25) is 16.9 Å². The lowest BCUT2D eigenvalue weighted by molar-refractivity contribution is -0.119. The third kappa shape index (κ3) is 10.1. The minimum absolute atomic E-state index is 0.0227. The maximum Gasteiger partial charge on any atom is 0.217 e. The summed E-state index contributed by atoms with van der Waals surface area (Å²) in [5.41, 5.74) is 0.528. The van der Waals surface area contributed by atoms with Gasteiger partial charge in [0.05, 0.1) is 0 Å². The Morgan fingerprint density at radius 1 is 1.05 bits per heavy atom. The van der Waals surface area contributed by atoms with Gasteiger partial charge in [-0.2, -0.15) is 0 Å². The van der Waals surface area contributed by atoms with Gasteiger partial charge >= 0.3 is 0 Å². The molecular formula is C15H26N2O3S. The standard InChI is InChI=1S/C15H26N2O3S/c1-6-13(16-11(4)18)9-14(17-12(5)19)7-8-21-15(20)10(2)3/h13-14H,2,6-9H2,1,3-5H3,(H,16,18)(H,17,19). The van der Waals surface area contributed by atoms with Gasteiger partial charge in [-0.25, -0.2) is 0 Å². The second-order valence-electron chi connectivity index (χ2n) is 5.14. The number of hydrogen-bond acceptors (Lipinski definition) is 4. The topological polar surface area (TPSA) is 75.3 Å². The van der Waals surface area contributed by atoms with Crippen LogP contribution in [-0.4, -0.2) is 34.8 Å². The highest BCUT2D eigenvalue weighted by atomic mass is 32.2. The smallest absolute Gasteiger partial charge is 0.217 e. The molecule has 2 amide bonds. The number of nitrogens with one attached hydrogen (secondary N) is 2. The fourth-order valence-electron chi connectivity index (χ4n) is 1.91. The molecular weight excluding hydrogens is 288 g/mol. The molecule has 0 spiro atoms. The van der Waals surface area contributed by atoms with Crippen LogP contribution in [-0.2, 0) is 14.4 Å². The maximum absolute atomic E-state index is 11.5. The van der Waals surface area contributed by atoms with Crippen molar-refractivity contribution in [3.63, 3.8) is 0 Å². The maximum atomic E-state index is 11.5. The monoisotopic (exact) mass is 314 g/mol. The Hall–Kier alpha value is -1.30. The van der Waals surface area contributed by atoms with Gasteiger partial charge in [-0.3, -0.25) is 14.4 Å². The Balaban J connectivity index is 4.43. The van der Waals surface area contributed by atoms with Gasteiger partial charge in [-0.15, -0.1) is 0 Å². The predicted octanol–water partition coefficient (Wildman–Crippen LogP) is 2.02. The van der Waals surface area contributed by atoms with Gasteiger partial charge in [0, 0.05) is 31.7 Å². The predicted molar refractivity (Wildman–Crippen MR) is 87.0 cm³/mol. The zero-order valence-electron chi connectivity index (χ0n) is 13.3. The van der Waals surface area contributed by atoms with E-state index in [1.165, 1.54) is 25.6 Å². The number of amides is 2. The molecule has 2 N–H and O–H groups in total. The van der Waals surface area contributed by atoms with Crippen molar-refractivity contribution in [2.45, 2.75) is 59.0 Å². The molecule has 21 heavy (non-hydrogen) atoms. The molecule has 0 radical (unpaired) electrons. The van der Waals surface area contributed by atoms with Crippen molar-refractivity contribution in [3.05, 3.63) is 12.2 Å². The molecule has 0 saturated heterocycles. The van der Waals surface area contributed by atoms with Crippen LogP contribution < -0.4 is 10.6 Å². The Morgan fingerprint density at radius 3 is 2.00 bits per heavy atom. The molecule has 0 saturated carbocycles. The van der Waals surface area contributed by atoms with Gasteiger partial charge < -0.3 is 10.6 Å². The van der Waals surface area contributed by atoms with Gasteiger partial charge in [-0.05, 0) is 31.8 Å². The van der Waals surface area contributed by atoms with E-state index >= 15 is 0 Å². The second-order valence-corrected chi connectivity index (χ2v) is 6.21.